The number of carbonyl (C=O) groups is 2. The van der Waals surface area contributed by atoms with Gasteiger partial charge in [0.05, 0.1) is 5.75 Å². The molecule has 1 heterocycles. The Hall–Kier alpha value is -1.45. The third kappa shape index (κ3) is 4.55. The van der Waals surface area contributed by atoms with Gasteiger partial charge in [-0.05, 0) is 31.0 Å². The van der Waals surface area contributed by atoms with E-state index < -0.39 is 0 Å². The van der Waals surface area contributed by atoms with Crippen molar-refractivity contribution in [3.05, 3.63) is 28.7 Å². The van der Waals surface area contributed by atoms with E-state index in [-0.39, 0.29) is 23.6 Å². The van der Waals surface area contributed by atoms with Crippen LogP contribution in [0, 0.1) is 0 Å². The van der Waals surface area contributed by atoms with E-state index >= 15 is 0 Å². The average molecular weight is 427 g/mol. The van der Waals surface area contributed by atoms with Gasteiger partial charge in [-0.25, -0.2) is 0 Å². The van der Waals surface area contributed by atoms with Crippen LogP contribution in [0.25, 0.3) is 0 Å². The van der Waals surface area contributed by atoms with Crippen LogP contribution in [0.5, 0.6) is 0 Å². The fourth-order valence-corrected chi connectivity index (χ4v) is 4.29. The normalized spacial score (nSPS) is 13.6. The predicted molar refractivity (Wildman–Crippen MR) is 99.6 cm³/mol. The van der Waals surface area contributed by atoms with Crippen LogP contribution in [0.3, 0.4) is 0 Å². The smallest absolute Gasteiger partial charge is 0.234 e. The molecule has 0 unspecified atom stereocenters. The lowest BCUT2D eigenvalue weighted by molar-refractivity contribution is -0.116. The molecule has 2 aromatic rings. The van der Waals surface area contributed by atoms with Gasteiger partial charge in [0, 0.05) is 23.1 Å². The number of carbonyl (C=O) groups excluding carboxylic acids is 2. The second kappa shape index (κ2) is 7.62. The van der Waals surface area contributed by atoms with Crippen molar-refractivity contribution in [2.24, 2.45) is 0 Å². The Morgan fingerprint density at radius 1 is 1.42 bits per heavy atom. The Labute approximate surface area is 156 Å². The van der Waals surface area contributed by atoms with E-state index in [2.05, 4.69) is 31.4 Å². The molecule has 1 aromatic heterocycles. The summed E-state index contributed by atoms with van der Waals surface area (Å²) in [5, 5.41) is 11.6. The van der Waals surface area contributed by atoms with E-state index in [0.717, 1.165) is 23.0 Å². The summed E-state index contributed by atoms with van der Waals surface area (Å²) in [6, 6.07) is 7.68. The molecular formula is C15H15BrN4O2S2. The topological polar surface area (TPSA) is 75.2 Å². The SMILES string of the molecule is CC(=O)N(c1nnc(SCC(=O)Nc2cccc(Br)c2)s1)C1CC1. The number of rotatable bonds is 6. The Kier molecular flexibility index (Phi) is 5.52. The average Bonchev–Trinajstić information content (AvgIpc) is 3.23. The molecule has 0 atom stereocenters. The standard InChI is InChI=1S/C15H15BrN4O2S2/c1-9(21)20(12-5-6-12)14-18-19-15(24-14)23-8-13(22)17-11-4-2-3-10(16)7-11/h2-4,7,12H,5-6,8H2,1H3,(H,17,22). The Morgan fingerprint density at radius 2 is 2.21 bits per heavy atom. The number of hydrogen-bond acceptors (Lipinski definition) is 6. The summed E-state index contributed by atoms with van der Waals surface area (Å²) < 4.78 is 1.59. The lowest BCUT2D eigenvalue weighted by Gasteiger charge is -2.15. The number of benzene rings is 1. The second-order valence-corrected chi connectivity index (χ2v) is 8.41. The van der Waals surface area contributed by atoms with Crippen LogP contribution in [0.15, 0.2) is 33.1 Å². The molecule has 0 aliphatic heterocycles. The maximum Gasteiger partial charge on any atom is 0.234 e. The van der Waals surface area contributed by atoms with Crippen molar-refractivity contribution >= 4 is 61.7 Å². The van der Waals surface area contributed by atoms with Crippen LogP contribution in [-0.2, 0) is 9.59 Å². The highest BCUT2D eigenvalue weighted by atomic mass is 79.9. The molecule has 3 rings (SSSR count). The minimum absolute atomic E-state index is 0.0161. The predicted octanol–water partition coefficient (Wildman–Crippen LogP) is 3.55. The number of hydrogen-bond donors (Lipinski definition) is 1. The van der Waals surface area contributed by atoms with E-state index in [1.54, 1.807) is 4.90 Å². The number of amides is 2. The van der Waals surface area contributed by atoms with Gasteiger partial charge < -0.3 is 5.32 Å². The molecule has 0 bridgehead atoms. The van der Waals surface area contributed by atoms with Crippen molar-refractivity contribution in [3.8, 4) is 0 Å². The summed E-state index contributed by atoms with van der Waals surface area (Å²) in [6.45, 7) is 1.54. The molecule has 6 nitrogen and oxygen atoms in total. The minimum atomic E-state index is -0.111. The molecule has 1 saturated carbocycles. The first-order valence-electron chi connectivity index (χ1n) is 7.34. The first-order chi connectivity index (χ1) is 11.5. The van der Waals surface area contributed by atoms with E-state index in [1.165, 1.54) is 30.0 Å². The summed E-state index contributed by atoms with van der Waals surface area (Å²) in [6.07, 6.45) is 2.02. The molecule has 0 saturated heterocycles. The first-order valence-corrected chi connectivity index (χ1v) is 9.94. The van der Waals surface area contributed by atoms with Gasteiger partial charge in [0.25, 0.3) is 0 Å². The molecule has 1 aliphatic rings. The highest BCUT2D eigenvalue weighted by molar-refractivity contribution is 9.10. The van der Waals surface area contributed by atoms with E-state index in [9.17, 15) is 9.59 Å². The second-order valence-electron chi connectivity index (χ2n) is 5.32. The van der Waals surface area contributed by atoms with Crippen molar-refractivity contribution in [2.75, 3.05) is 16.0 Å². The first kappa shape index (κ1) is 17.4. The summed E-state index contributed by atoms with van der Waals surface area (Å²) in [5.41, 5.74) is 0.740. The molecule has 24 heavy (non-hydrogen) atoms. The van der Waals surface area contributed by atoms with Gasteiger partial charge in [-0.15, -0.1) is 10.2 Å². The van der Waals surface area contributed by atoms with Crippen molar-refractivity contribution in [3.63, 3.8) is 0 Å². The Bertz CT molecular complexity index is 763. The summed E-state index contributed by atoms with van der Waals surface area (Å²) >= 11 is 6.03. The number of thioether (sulfide) groups is 1. The number of nitrogens with zero attached hydrogens (tertiary/aromatic N) is 3. The molecule has 0 spiro atoms. The maximum absolute atomic E-state index is 12.0. The van der Waals surface area contributed by atoms with Crippen molar-refractivity contribution in [1.82, 2.24) is 10.2 Å². The summed E-state index contributed by atoms with van der Waals surface area (Å²) in [7, 11) is 0. The van der Waals surface area contributed by atoms with Crippen LogP contribution in [0.1, 0.15) is 19.8 Å². The molecule has 2 amide bonds. The number of anilines is 2. The number of nitrogens with one attached hydrogen (secondary N) is 1. The molecule has 126 valence electrons. The highest BCUT2D eigenvalue weighted by Crippen LogP contribution is 2.35. The van der Waals surface area contributed by atoms with E-state index in [0.29, 0.717) is 9.47 Å². The van der Waals surface area contributed by atoms with E-state index in [4.69, 9.17) is 0 Å². The quantitative estimate of drug-likeness (QED) is 0.564. The molecule has 9 heteroatoms. The Morgan fingerprint density at radius 3 is 2.88 bits per heavy atom. The maximum atomic E-state index is 12.0. The third-order valence-electron chi connectivity index (χ3n) is 3.29. The van der Waals surface area contributed by atoms with Crippen LogP contribution in [0.4, 0.5) is 10.8 Å². The molecule has 1 aliphatic carbocycles. The van der Waals surface area contributed by atoms with Crippen LogP contribution in [-0.4, -0.2) is 33.8 Å². The van der Waals surface area contributed by atoms with Crippen molar-refractivity contribution < 1.29 is 9.59 Å². The van der Waals surface area contributed by atoms with Crippen molar-refractivity contribution in [2.45, 2.75) is 30.1 Å². The zero-order valence-corrected chi connectivity index (χ0v) is 16.1. The summed E-state index contributed by atoms with van der Waals surface area (Å²) in [4.78, 5) is 25.4. The Balaban J connectivity index is 1.55. The van der Waals surface area contributed by atoms with Crippen LogP contribution < -0.4 is 10.2 Å². The van der Waals surface area contributed by atoms with Gasteiger partial charge in [0.15, 0.2) is 4.34 Å². The zero-order chi connectivity index (χ0) is 17.1. The van der Waals surface area contributed by atoms with Gasteiger partial charge in [0.2, 0.25) is 16.9 Å². The number of aromatic nitrogens is 2. The van der Waals surface area contributed by atoms with Gasteiger partial charge in [-0.3, -0.25) is 14.5 Å². The zero-order valence-electron chi connectivity index (χ0n) is 12.9. The lowest BCUT2D eigenvalue weighted by Crippen LogP contribution is -2.30. The fraction of sp³-hybridized carbons (Fsp3) is 0.333. The van der Waals surface area contributed by atoms with Crippen LogP contribution in [0.2, 0.25) is 0 Å². The molecule has 1 aromatic carbocycles. The molecular weight excluding hydrogens is 412 g/mol. The minimum Gasteiger partial charge on any atom is -0.325 e. The van der Waals surface area contributed by atoms with Gasteiger partial charge >= 0.3 is 0 Å². The van der Waals surface area contributed by atoms with E-state index in [1.807, 2.05) is 24.3 Å². The largest absolute Gasteiger partial charge is 0.325 e. The van der Waals surface area contributed by atoms with Gasteiger partial charge in [-0.2, -0.15) is 0 Å². The molecule has 1 N–H and O–H groups in total. The fourth-order valence-electron chi connectivity index (χ4n) is 2.13. The monoisotopic (exact) mass is 426 g/mol. The van der Waals surface area contributed by atoms with Gasteiger partial charge in [0.1, 0.15) is 0 Å². The molecule has 0 radical (unpaired) electrons. The summed E-state index contributed by atoms with van der Waals surface area (Å²) in [5.74, 6) is 0.114. The van der Waals surface area contributed by atoms with Crippen LogP contribution >= 0.6 is 39.0 Å². The van der Waals surface area contributed by atoms with Crippen molar-refractivity contribution in [1.29, 1.82) is 0 Å². The highest BCUT2D eigenvalue weighted by Gasteiger charge is 2.34. The van der Waals surface area contributed by atoms with Gasteiger partial charge in [-0.1, -0.05) is 45.1 Å². The molecule has 1 fully saturated rings. The lowest BCUT2D eigenvalue weighted by atomic mass is 10.3. The number of halogens is 1. The third-order valence-corrected chi connectivity index (χ3v) is 5.84.